The third-order valence-electron chi connectivity index (χ3n) is 2.82. The third kappa shape index (κ3) is 5.75. The average Bonchev–Trinajstić information content (AvgIpc) is 2.76. The van der Waals surface area contributed by atoms with Gasteiger partial charge < -0.3 is 14.8 Å². The topological polar surface area (TPSA) is 62.5 Å². The van der Waals surface area contributed by atoms with Gasteiger partial charge in [0.25, 0.3) is 0 Å². The molecule has 0 aromatic carbocycles. The summed E-state index contributed by atoms with van der Waals surface area (Å²) in [4.78, 5) is 10.6. The smallest absolute Gasteiger partial charge is 0.371 e. The quantitative estimate of drug-likeness (QED) is 0.653. The fourth-order valence-corrected chi connectivity index (χ4v) is 1.79. The van der Waals surface area contributed by atoms with Crippen LogP contribution in [0.1, 0.15) is 56.5 Å². The fourth-order valence-electron chi connectivity index (χ4n) is 1.79. The summed E-state index contributed by atoms with van der Waals surface area (Å²) in [5, 5.41) is 11.8. The van der Waals surface area contributed by atoms with Gasteiger partial charge in [-0.05, 0) is 18.4 Å². The molecule has 0 unspecified atom stereocenters. The van der Waals surface area contributed by atoms with Gasteiger partial charge >= 0.3 is 5.97 Å². The van der Waals surface area contributed by atoms with Gasteiger partial charge in [0.05, 0.1) is 0 Å². The van der Waals surface area contributed by atoms with E-state index in [4.69, 9.17) is 9.52 Å². The highest BCUT2D eigenvalue weighted by atomic mass is 16.4. The number of aromatic carboxylic acids is 1. The molecule has 1 heterocycles. The van der Waals surface area contributed by atoms with Crippen molar-refractivity contribution in [1.82, 2.24) is 0 Å². The van der Waals surface area contributed by atoms with Crippen LogP contribution in [0.2, 0.25) is 0 Å². The van der Waals surface area contributed by atoms with Crippen LogP contribution in [0.4, 0.5) is 5.88 Å². The SMILES string of the molecule is CC(C)CCCCCCNc1ccc(C(=O)O)o1. The molecule has 0 fully saturated rings. The molecular formula is C14H23NO3. The molecule has 0 aliphatic heterocycles. The van der Waals surface area contributed by atoms with Crippen molar-refractivity contribution >= 4 is 11.9 Å². The van der Waals surface area contributed by atoms with Gasteiger partial charge in [-0.25, -0.2) is 4.79 Å². The van der Waals surface area contributed by atoms with Crippen molar-refractivity contribution in [2.45, 2.75) is 46.0 Å². The first-order chi connectivity index (χ1) is 8.59. The van der Waals surface area contributed by atoms with Crippen molar-refractivity contribution in [2.75, 3.05) is 11.9 Å². The van der Waals surface area contributed by atoms with E-state index in [0.717, 1.165) is 18.9 Å². The predicted molar refractivity (Wildman–Crippen MR) is 72.1 cm³/mol. The van der Waals surface area contributed by atoms with Crippen molar-refractivity contribution in [3.63, 3.8) is 0 Å². The van der Waals surface area contributed by atoms with Crippen LogP contribution in [0.5, 0.6) is 0 Å². The zero-order valence-electron chi connectivity index (χ0n) is 11.2. The lowest BCUT2D eigenvalue weighted by Gasteiger charge is -2.05. The van der Waals surface area contributed by atoms with Gasteiger partial charge in [-0.15, -0.1) is 0 Å². The highest BCUT2D eigenvalue weighted by Gasteiger charge is 2.07. The summed E-state index contributed by atoms with van der Waals surface area (Å²) in [6, 6.07) is 3.12. The number of rotatable bonds is 9. The first-order valence-corrected chi connectivity index (χ1v) is 6.66. The molecule has 0 spiro atoms. The molecule has 0 atom stereocenters. The number of furan rings is 1. The number of nitrogens with one attached hydrogen (secondary N) is 1. The first-order valence-electron chi connectivity index (χ1n) is 6.66. The molecule has 0 bridgehead atoms. The van der Waals surface area contributed by atoms with Crippen LogP contribution in [-0.2, 0) is 0 Å². The molecule has 0 aliphatic rings. The highest BCUT2D eigenvalue weighted by molar-refractivity contribution is 5.84. The van der Waals surface area contributed by atoms with Crippen LogP contribution in [0.3, 0.4) is 0 Å². The lowest BCUT2D eigenvalue weighted by atomic mass is 10.0. The van der Waals surface area contributed by atoms with E-state index in [1.165, 1.54) is 31.7 Å². The second-order valence-corrected chi connectivity index (χ2v) is 4.99. The number of carbonyl (C=O) groups is 1. The van der Waals surface area contributed by atoms with Crippen LogP contribution < -0.4 is 5.32 Å². The lowest BCUT2D eigenvalue weighted by Crippen LogP contribution is -2.00. The van der Waals surface area contributed by atoms with E-state index in [2.05, 4.69) is 19.2 Å². The second kappa shape index (κ2) is 7.80. The zero-order chi connectivity index (χ0) is 13.4. The van der Waals surface area contributed by atoms with Crippen molar-refractivity contribution in [3.05, 3.63) is 17.9 Å². The molecule has 0 saturated carbocycles. The molecular weight excluding hydrogens is 230 g/mol. The number of carboxylic acids is 1. The van der Waals surface area contributed by atoms with Gasteiger partial charge in [0.15, 0.2) is 5.88 Å². The Morgan fingerprint density at radius 2 is 2.00 bits per heavy atom. The molecule has 18 heavy (non-hydrogen) atoms. The number of hydrogen-bond donors (Lipinski definition) is 2. The largest absolute Gasteiger partial charge is 0.475 e. The van der Waals surface area contributed by atoms with Gasteiger partial charge in [-0.1, -0.05) is 39.5 Å². The number of anilines is 1. The minimum atomic E-state index is -1.03. The van der Waals surface area contributed by atoms with E-state index in [-0.39, 0.29) is 5.76 Å². The molecule has 1 aromatic heterocycles. The summed E-state index contributed by atoms with van der Waals surface area (Å²) in [7, 11) is 0. The summed E-state index contributed by atoms with van der Waals surface area (Å²) < 4.78 is 5.09. The Kier molecular flexibility index (Phi) is 6.33. The van der Waals surface area contributed by atoms with E-state index < -0.39 is 5.97 Å². The first kappa shape index (κ1) is 14.6. The minimum Gasteiger partial charge on any atom is -0.475 e. The summed E-state index contributed by atoms with van der Waals surface area (Å²) in [6.07, 6.45) is 6.14. The Bertz CT molecular complexity index is 358. The lowest BCUT2D eigenvalue weighted by molar-refractivity contribution is 0.0663. The maximum Gasteiger partial charge on any atom is 0.371 e. The maximum atomic E-state index is 10.6. The minimum absolute atomic E-state index is 0.0190. The molecule has 4 heteroatoms. The molecule has 0 amide bonds. The molecule has 0 aliphatic carbocycles. The van der Waals surface area contributed by atoms with E-state index in [9.17, 15) is 4.79 Å². The summed E-state index contributed by atoms with van der Waals surface area (Å²) in [5.74, 6) is 0.279. The number of carboxylic acid groups (broad SMARTS) is 1. The molecule has 2 N–H and O–H groups in total. The maximum absolute atomic E-state index is 10.6. The Labute approximate surface area is 108 Å². The van der Waals surface area contributed by atoms with E-state index >= 15 is 0 Å². The third-order valence-corrected chi connectivity index (χ3v) is 2.82. The van der Waals surface area contributed by atoms with Crippen molar-refractivity contribution in [2.24, 2.45) is 5.92 Å². The van der Waals surface area contributed by atoms with E-state index in [1.807, 2.05) is 0 Å². The molecule has 102 valence electrons. The molecule has 0 radical (unpaired) electrons. The standard InChI is InChI=1S/C14H23NO3/c1-11(2)7-5-3-4-6-10-15-13-9-8-12(18-13)14(16)17/h8-9,11,15H,3-7,10H2,1-2H3,(H,16,17). The summed E-state index contributed by atoms with van der Waals surface area (Å²) >= 11 is 0. The van der Waals surface area contributed by atoms with E-state index in [1.54, 1.807) is 6.07 Å². The van der Waals surface area contributed by atoms with Crippen LogP contribution in [0.15, 0.2) is 16.5 Å². The van der Waals surface area contributed by atoms with Crippen LogP contribution in [0.25, 0.3) is 0 Å². The molecule has 0 saturated heterocycles. The van der Waals surface area contributed by atoms with Crippen molar-refractivity contribution < 1.29 is 14.3 Å². The van der Waals surface area contributed by atoms with Gasteiger partial charge in [-0.2, -0.15) is 0 Å². The summed E-state index contributed by atoms with van der Waals surface area (Å²) in [6.45, 7) is 5.32. The summed E-state index contributed by atoms with van der Waals surface area (Å²) in [5.41, 5.74) is 0. The zero-order valence-corrected chi connectivity index (χ0v) is 11.2. The van der Waals surface area contributed by atoms with Crippen molar-refractivity contribution in [3.8, 4) is 0 Å². The highest BCUT2D eigenvalue weighted by Crippen LogP contribution is 2.14. The van der Waals surface area contributed by atoms with Gasteiger partial charge in [0, 0.05) is 12.6 Å². The van der Waals surface area contributed by atoms with Gasteiger partial charge in [0.2, 0.25) is 5.76 Å². The van der Waals surface area contributed by atoms with Crippen LogP contribution in [-0.4, -0.2) is 17.6 Å². The number of hydrogen-bond acceptors (Lipinski definition) is 3. The van der Waals surface area contributed by atoms with Crippen LogP contribution >= 0.6 is 0 Å². The number of unbranched alkanes of at least 4 members (excludes halogenated alkanes) is 3. The Hall–Kier alpha value is -1.45. The second-order valence-electron chi connectivity index (χ2n) is 4.99. The molecule has 1 rings (SSSR count). The predicted octanol–water partition coefficient (Wildman–Crippen LogP) is 4.00. The Morgan fingerprint density at radius 3 is 2.61 bits per heavy atom. The van der Waals surface area contributed by atoms with Gasteiger partial charge in [0.1, 0.15) is 0 Å². The molecule has 4 nitrogen and oxygen atoms in total. The monoisotopic (exact) mass is 253 g/mol. The van der Waals surface area contributed by atoms with E-state index in [0.29, 0.717) is 5.88 Å². The fraction of sp³-hybridized carbons (Fsp3) is 0.643. The molecule has 1 aromatic rings. The average molecular weight is 253 g/mol. The normalized spacial score (nSPS) is 10.8. The van der Waals surface area contributed by atoms with Gasteiger partial charge in [-0.3, -0.25) is 0 Å². The Morgan fingerprint density at radius 1 is 1.28 bits per heavy atom. The van der Waals surface area contributed by atoms with Crippen LogP contribution in [0, 0.1) is 5.92 Å². The van der Waals surface area contributed by atoms with Crippen molar-refractivity contribution in [1.29, 1.82) is 0 Å². The Balaban J connectivity index is 2.05.